The average molecular weight is 438 g/mol. The third kappa shape index (κ3) is 5.38. The van der Waals surface area contributed by atoms with Crippen LogP contribution in [0.5, 0.6) is 5.75 Å². The molecule has 9 heteroatoms. The summed E-state index contributed by atoms with van der Waals surface area (Å²) < 4.78 is 7.49. The summed E-state index contributed by atoms with van der Waals surface area (Å²) in [6.07, 6.45) is 7.72. The molecule has 3 aromatic rings. The van der Waals surface area contributed by atoms with E-state index in [9.17, 15) is 4.79 Å². The summed E-state index contributed by atoms with van der Waals surface area (Å²) in [7, 11) is 1.61. The Balaban J connectivity index is 1.75. The minimum absolute atomic E-state index is 0.106. The van der Waals surface area contributed by atoms with Gasteiger partial charge in [0.05, 0.1) is 30.4 Å². The van der Waals surface area contributed by atoms with Crippen molar-refractivity contribution in [2.45, 2.75) is 40.0 Å². The SMILES string of the molecule is C#CCNc1cc2c(cc1OC)nc(NCCCCNC(=O)CC(C)C)c1nnc(C)n12. The summed E-state index contributed by atoms with van der Waals surface area (Å²) in [5.41, 5.74) is 3.07. The number of amides is 1. The Kier molecular flexibility index (Phi) is 7.71. The summed E-state index contributed by atoms with van der Waals surface area (Å²) in [5.74, 6) is 5.13. The number of hydrogen-bond acceptors (Lipinski definition) is 7. The highest BCUT2D eigenvalue weighted by atomic mass is 16.5. The van der Waals surface area contributed by atoms with Crippen molar-refractivity contribution < 1.29 is 9.53 Å². The summed E-state index contributed by atoms with van der Waals surface area (Å²) in [5, 5.41) is 18.1. The van der Waals surface area contributed by atoms with Crippen molar-refractivity contribution in [3.05, 3.63) is 18.0 Å². The van der Waals surface area contributed by atoms with Gasteiger partial charge in [0.1, 0.15) is 11.6 Å². The van der Waals surface area contributed by atoms with E-state index in [4.69, 9.17) is 16.1 Å². The molecule has 0 aliphatic heterocycles. The second-order valence-corrected chi connectivity index (χ2v) is 8.05. The van der Waals surface area contributed by atoms with Crippen molar-refractivity contribution in [1.29, 1.82) is 0 Å². The monoisotopic (exact) mass is 437 g/mol. The van der Waals surface area contributed by atoms with Crippen molar-refractivity contribution in [3.8, 4) is 18.1 Å². The number of carbonyl (C=O) groups excluding carboxylic acids is 1. The fourth-order valence-corrected chi connectivity index (χ4v) is 3.50. The highest BCUT2D eigenvalue weighted by Crippen LogP contribution is 2.31. The van der Waals surface area contributed by atoms with E-state index in [1.807, 2.05) is 37.3 Å². The lowest BCUT2D eigenvalue weighted by atomic mass is 10.1. The Morgan fingerprint density at radius 3 is 2.72 bits per heavy atom. The van der Waals surface area contributed by atoms with Gasteiger partial charge in [-0.05, 0) is 31.7 Å². The predicted octanol–water partition coefficient (Wildman–Crippen LogP) is 2.99. The number of methoxy groups -OCH3 is 1. The van der Waals surface area contributed by atoms with Gasteiger partial charge >= 0.3 is 0 Å². The van der Waals surface area contributed by atoms with Gasteiger partial charge in [-0.3, -0.25) is 9.20 Å². The summed E-state index contributed by atoms with van der Waals surface area (Å²) in [4.78, 5) is 16.5. The Bertz CT molecular complexity index is 1130. The Hall–Kier alpha value is -3.54. The van der Waals surface area contributed by atoms with Gasteiger partial charge in [0, 0.05) is 25.6 Å². The molecule has 0 bridgehead atoms. The smallest absolute Gasteiger partial charge is 0.220 e. The molecular formula is C23H31N7O2. The zero-order valence-corrected chi connectivity index (χ0v) is 19.2. The van der Waals surface area contributed by atoms with Crippen molar-refractivity contribution in [3.63, 3.8) is 0 Å². The molecule has 0 spiro atoms. The molecule has 2 aromatic heterocycles. The molecule has 3 rings (SSSR count). The van der Waals surface area contributed by atoms with Gasteiger partial charge in [-0.25, -0.2) is 4.98 Å². The molecule has 0 unspecified atom stereocenters. The number of fused-ring (bicyclic) bond motifs is 3. The maximum Gasteiger partial charge on any atom is 0.220 e. The summed E-state index contributed by atoms with van der Waals surface area (Å²) in [6.45, 7) is 7.75. The van der Waals surface area contributed by atoms with Gasteiger partial charge in [-0.1, -0.05) is 19.8 Å². The number of aryl methyl sites for hydroxylation is 1. The van der Waals surface area contributed by atoms with Crippen molar-refractivity contribution in [2.75, 3.05) is 37.4 Å². The zero-order chi connectivity index (χ0) is 23.1. The molecular weight excluding hydrogens is 406 g/mol. The topological polar surface area (TPSA) is 105 Å². The van der Waals surface area contributed by atoms with Crippen LogP contribution in [0.2, 0.25) is 0 Å². The average Bonchev–Trinajstić information content (AvgIpc) is 3.15. The third-order valence-electron chi connectivity index (χ3n) is 5.00. The molecule has 0 saturated carbocycles. The van der Waals surface area contributed by atoms with Crippen LogP contribution < -0.4 is 20.7 Å². The first kappa shape index (κ1) is 23.1. The highest BCUT2D eigenvalue weighted by Gasteiger charge is 2.16. The van der Waals surface area contributed by atoms with E-state index in [1.165, 1.54) is 0 Å². The number of anilines is 2. The normalized spacial score (nSPS) is 11.0. The molecule has 1 amide bonds. The fraction of sp³-hybridized carbons (Fsp3) is 0.478. The van der Waals surface area contributed by atoms with Gasteiger partial charge in [-0.15, -0.1) is 16.6 Å². The molecule has 0 radical (unpaired) electrons. The molecule has 2 heterocycles. The van der Waals surface area contributed by atoms with Crippen molar-refractivity contribution >= 4 is 34.1 Å². The number of nitrogens with zero attached hydrogens (tertiary/aromatic N) is 4. The fourth-order valence-electron chi connectivity index (χ4n) is 3.50. The van der Waals surface area contributed by atoms with Crippen LogP contribution in [0.3, 0.4) is 0 Å². The lowest BCUT2D eigenvalue weighted by molar-refractivity contribution is -0.121. The number of hydrogen-bond donors (Lipinski definition) is 3. The maximum absolute atomic E-state index is 11.7. The third-order valence-corrected chi connectivity index (χ3v) is 5.00. The van der Waals surface area contributed by atoms with Gasteiger partial charge in [0.25, 0.3) is 0 Å². The Morgan fingerprint density at radius 2 is 2.00 bits per heavy atom. The minimum Gasteiger partial charge on any atom is -0.495 e. The molecule has 9 nitrogen and oxygen atoms in total. The van der Waals surface area contributed by atoms with Crippen LogP contribution in [0.15, 0.2) is 12.1 Å². The van der Waals surface area contributed by atoms with E-state index in [0.717, 1.165) is 35.4 Å². The number of nitrogens with one attached hydrogen (secondary N) is 3. The van der Waals surface area contributed by atoms with Crippen LogP contribution in [-0.4, -0.2) is 52.2 Å². The van der Waals surface area contributed by atoms with Crippen molar-refractivity contribution in [1.82, 2.24) is 24.9 Å². The van der Waals surface area contributed by atoms with Gasteiger partial charge < -0.3 is 20.7 Å². The largest absolute Gasteiger partial charge is 0.495 e. The number of ether oxygens (including phenoxy) is 1. The lowest BCUT2D eigenvalue weighted by Crippen LogP contribution is -2.25. The van der Waals surface area contributed by atoms with Crippen LogP contribution in [0.25, 0.3) is 16.7 Å². The predicted molar refractivity (Wildman–Crippen MR) is 127 cm³/mol. The van der Waals surface area contributed by atoms with Gasteiger partial charge in [-0.2, -0.15) is 0 Å². The first-order chi connectivity index (χ1) is 15.4. The molecule has 0 fully saturated rings. The van der Waals surface area contributed by atoms with E-state index in [-0.39, 0.29) is 5.91 Å². The molecule has 32 heavy (non-hydrogen) atoms. The number of terminal acetylenes is 1. The second kappa shape index (κ2) is 10.7. The van der Waals surface area contributed by atoms with E-state index in [0.29, 0.717) is 49.2 Å². The number of rotatable bonds is 11. The molecule has 0 aliphatic carbocycles. The highest BCUT2D eigenvalue weighted by molar-refractivity contribution is 5.88. The first-order valence-electron chi connectivity index (χ1n) is 10.9. The van der Waals surface area contributed by atoms with Crippen LogP contribution in [0, 0.1) is 25.2 Å². The number of aromatic nitrogens is 4. The van der Waals surface area contributed by atoms with E-state index < -0.39 is 0 Å². The summed E-state index contributed by atoms with van der Waals surface area (Å²) in [6, 6.07) is 3.83. The minimum atomic E-state index is 0.106. The molecule has 1 aromatic carbocycles. The zero-order valence-electron chi connectivity index (χ0n) is 19.2. The Morgan fingerprint density at radius 1 is 1.22 bits per heavy atom. The van der Waals surface area contributed by atoms with Crippen LogP contribution >= 0.6 is 0 Å². The molecule has 0 aliphatic rings. The number of carbonyl (C=O) groups is 1. The van der Waals surface area contributed by atoms with E-state index >= 15 is 0 Å². The number of benzene rings is 1. The Labute approximate surface area is 188 Å². The number of unbranched alkanes of at least 4 members (excludes halogenated alkanes) is 1. The van der Waals surface area contributed by atoms with Crippen LogP contribution in [0.1, 0.15) is 38.9 Å². The first-order valence-corrected chi connectivity index (χ1v) is 10.9. The quantitative estimate of drug-likeness (QED) is 0.313. The molecule has 3 N–H and O–H groups in total. The van der Waals surface area contributed by atoms with Gasteiger partial charge in [0.15, 0.2) is 5.82 Å². The maximum atomic E-state index is 11.7. The molecule has 170 valence electrons. The lowest BCUT2D eigenvalue weighted by Gasteiger charge is -2.14. The molecule has 0 atom stereocenters. The van der Waals surface area contributed by atoms with E-state index in [1.54, 1.807) is 7.11 Å². The van der Waals surface area contributed by atoms with E-state index in [2.05, 4.69) is 32.1 Å². The van der Waals surface area contributed by atoms with Gasteiger partial charge in [0.2, 0.25) is 11.6 Å². The standard InChI is InChI=1S/C23H31N7O2/c1-6-9-24-18-13-19-17(14-20(18)32-5)27-22(23-29-28-16(4)30(19)23)26-11-8-7-10-25-21(31)12-15(2)3/h1,13-15,24H,7-12H2,2-5H3,(H,25,31)(H,26,27). The molecule has 0 saturated heterocycles. The summed E-state index contributed by atoms with van der Waals surface area (Å²) >= 11 is 0. The van der Waals surface area contributed by atoms with Crippen molar-refractivity contribution in [2.24, 2.45) is 5.92 Å². The van der Waals surface area contributed by atoms with Crippen LogP contribution in [0.4, 0.5) is 11.5 Å². The van der Waals surface area contributed by atoms with Crippen LogP contribution in [-0.2, 0) is 4.79 Å². The second-order valence-electron chi connectivity index (χ2n) is 8.05.